The number of carbonyl (C=O) groups excluding carboxylic acids is 2. The highest BCUT2D eigenvalue weighted by Gasteiger charge is 2.23. The highest BCUT2D eigenvalue weighted by Crippen LogP contribution is 2.24. The highest BCUT2D eigenvalue weighted by molar-refractivity contribution is 6.08. The van der Waals surface area contributed by atoms with E-state index >= 15 is 0 Å². The SMILES string of the molecule is COC(=O)c1c(NC(=O)c2cc([N+](=O)[O-])cc([N+](=O)[O-])c2)cnn1C. The number of carbonyl (C=O) groups is 2. The minimum Gasteiger partial charge on any atom is -0.464 e. The van der Waals surface area contributed by atoms with Crippen LogP contribution in [-0.4, -0.2) is 38.6 Å². The Labute approximate surface area is 139 Å². The van der Waals surface area contributed by atoms with Gasteiger partial charge in [-0.15, -0.1) is 0 Å². The number of anilines is 1. The van der Waals surface area contributed by atoms with E-state index in [0.29, 0.717) is 0 Å². The molecule has 12 heteroatoms. The third-order valence-corrected chi connectivity index (χ3v) is 3.15. The zero-order valence-corrected chi connectivity index (χ0v) is 13.0. The summed E-state index contributed by atoms with van der Waals surface area (Å²) >= 11 is 0. The Morgan fingerprint density at radius 2 is 1.72 bits per heavy atom. The maximum absolute atomic E-state index is 12.3. The fourth-order valence-corrected chi connectivity index (χ4v) is 2.00. The zero-order valence-electron chi connectivity index (χ0n) is 13.0. The van der Waals surface area contributed by atoms with Crippen molar-refractivity contribution in [1.82, 2.24) is 9.78 Å². The number of nitro benzene ring substituents is 2. The van der Waals surface area contributed by atoms with Crippen molar-refractivity contribution in [3.05, 3.63) is 55.9 Å². The minimum absolute atomic E-state index is 0.00601. The molecular weight excluding hydrogens is 338 g/mol. The van der Waals surface area contributed by atoms with Gasteiger partial charge in [0, 0.05) is 19.2 Å². The Morgan fingerprint density at radius 3 is 2.20 bits per heavy atom. The standard InChI is InChI=1S/C13H11N5O7/c1-16-11(13(20)25-2)10(6-14-16)15-12(19)7-3-8(17(21)22)5-9(4-7)18(23)24/h3-6H,1-2H3,(H,15,19). The molecule has 1 aromatic heterocycles. The van der Waals surface area contributed by atoms with Gasteiger partial charge >= 0.3 is 5.97 Å². The maximum Gasteiger partial charge on any atom is 0.358 e. The van der Waals surface area contributed by atoms with Gasteiger partial charge in [0.25, 0.3) is 17.3 Å². The van der Waals surface area contributed by atoms with Gasteiger partial charge in [-0.1, -0.05) is 0 Å². The van der Waals surface area contributed by atoms with E-state index in [1.54, 1.807) is 0 Å². The number of ether oxygens (including phenoxy) is 1. The molecule has 0 aliphatic rings. The quantitative estimate of drug-likeness (QED) is 0.480. The van der Waals surface area contributed by atoms with E-state index in [9.17, 15) is 29.8 Å². The lowest BCUT2D eigenvalue weighted by Gasteiger charge is -2.06. The molecule has 0 atom stereocenters. The number of hydrogen-bond donors (Lipinski definition) is 1. The van der Waals surface area contributed by atoms with Gasteiger partial charge in [-0.2, -0.15) is 5.10 Å². The Hall–Kier alpha value is -3.83. The molecule has 0 aliphatic carbocycles. The molecule has 0 saturated carbocycles. The van der Waals surface area contributed by atoms with Crippen molar-refractivity contribution in [2.45, 2.75) is 0 Å². The number of nitro groups is 2. The molecule has 0 bridgehead atoms. The average molecular weight is 349 g/mol. The van der Waals surface area contributed by atoms with Gasteiger partial charge in [0.05, 0.1) is 40.5 Å². The second-order valence-electron chi connectivity index (χ2n) is 4.73. The number of aryl methyl sites for hydroxylation is 1. The van der Waals surface area contributed by atoms with E-state index in [-0.39, 0.29) is 16.9 Å². The third kappa shape index (κ3) is 3.57. The van der Waals surface area contributed by atoms with E-state index in [2.05, 4.69) is 15.2 Å². The largest absolute Gasteiger partial charge is 0.464 e. The Morgan fingerprint density at radius 1 is 1.16 bits per heavy atom. The number of nitrogens with one attached hydrogen (secondary N) is 1. The first-order chi connectivity index (χ1) is 11.7. The van der Waals surface area contributed by atoms with Crippen LogP contribution >= 0.6 is 0 Å². The summed E-state index contributed by atoms with van der Waals surface area (Å²) in [4.78, 5) is 44.0. The van der Waals surface area contributed by atoms with E-state index in [1.807, 2.05) is 0 Å². The number of esters is 1. The molecular formula is C13H11N5O7. The number of benzene rings is 1. The first kappa shape index (κ1) is 17.5. The normalized spacial score (nSPS) is 10.2. The zero-order chi connectivity index (χ0) is 18.7. The molecule has 0 aliphatic heterocycles. The summed E-state index contributed by atoms with van der Waals surface area (Å²) < 4.78 is 5.74. The summed E-state index contributed by atoms with van der Waals surface area (Å²) in [5.41, 5.74) is -1.61. The predicted octanol–water partition coefficient (Wildman–Crippen LogP) is 1.28. The van der Waals surface area contributed by atoms with Crippen LogP contribution in [0.3, 0.4) is 0 Å². The van der Waals surface area contributed by atoms with Gasteiger partial charge in [-0.3, -0.25) is 29.7 Å². The second kappa shape index (κ2) is 6.74. The topological polar surface area (TPSA) is 160 Å². The smallest absolute Gasteiger partial charge is 0.358 e. The average Bonchev–Trinajstić information content (AvgIpc) is 2.93. The Kier molecular flexibility index (Phi) is 4.72. The van der Waals surface area contributed by atoms with E-state index in [1.165, 1.54) is 13.2 Å². The summed E-state index contributed by atoms with van der Waals surface area (Å²) in [5, 5.41) is 27.9. The number of hydrogen-bond acceptors (Lipinski definition) is 8. The molecule has 12 nitrogen and oxygen atoms in total. The van der Waals surface area contributed by atoms with Crippen LogP contribution in [0, 0.1) is 20.2 Å². The molecule has 0 saturated heterocycles. The van der Waals surface area contributed by atoms with Gasteiger partial charge in [0.1, 0.15) is 0 Å². The van der Waals surface area contributed by atoms with Crippen molar-refractivity contribution in [2.75, 3.05) is 12.4 Å². The van der Waals surface area contributed by atoms with Gasteiger partial charge in [0.15, 0.2) is 5.69 Å². The number of nitrogens with zero attached hydrogens (tertiary/aromatic N) is 4. The summed E-state index contributed by atoms with van der Waals surface area (Å²) in [6.45, 7) is 0. The molecule has 0 spiro atoms. The summed E-state index contributed by atoms with van der Waals surface area (Å²) in [6.07, 6.45) is 1.18. The molecule has 1 heterocycles. The minimum atomic E-state index is -0.884. The molecule has 1 aromatic carbocycles. The van der Waals surface area contributed by atoms with E-state index < -0.39 is 33.1 Å². The van der Waals surface area contributed by atoms with Crippen molar-refractivity contribution < 1.29 is 24.2 Å². The van der Waals surface area contributed by atoms with Gasteiger partial charge in [-0.25, -0.2) is 4.79 Å². The van der Waals surface area contributed by atoms with Crippen LogP contribution < -0.4 is 5.32 Å². The molecule has 0 radical (unpaired) electrons. The predicted molar refractivity (Wildman–Crippen MR) is 82.3 cm³/mol. The number of non-ortho nitro benzene ring substituents is 2. The van der Waals surface area contributed by atoms with Gasteiger partial charge in [0.2, 0.25) is 0 Å². The molecule has 1 N–H and O–H groups in total. The van der Waals surface area contributed by atoms with Crippen LogP contribution in [0.25, 0.3) is 0 Å². The molecule has 1 amide bonds. The number of amides is 1. The molecule has 2 aromatic rings. The number of rotatable bonds is 5. The van der Waals surface area contributed by atoms with Crippen molar-refractivity contribution in [2.24, 2.45) is 7.05 Å². The first-order valence-corrected chi connectivity index (χ1v) is 6.60. The van der Waals surface area contributed by atoms with Crippen LogP contribution in [0.2, 0.25) is 0 Å². The van der Waals surface area contributed by atoms with Crippen LogP contribution in [0.5, 0.6) is 0 Å². The summed E-state index contributed by atoms with van der Waals surface area (Å²) in [7, 11) is 2.59. The fraction of sp³-hybridized carbons (Fsp3) is 0.154. The maximum atomic E-state index is 12.3. The highest BCUT2D eigenvalue weighted by atomic mass is 16.6. The van der Waals surface area contributed by atoms with Crippen LogP contribution in [0.15, 0.2) is 24.4 Å². The molecule has 0 fully saturated rings. The monoisotopic (exact) mass is 349 g/mol. The van der Waals surface area contributed by atoms with Crippen molar-refractivity contribution in [1.29, 1.82) is 0 Å². The molecule has 0 unspecified atom stereocenters. The number of aromatic nitrogens is 2. The third-order valence-electron chi connectivity index (χ3n) is 3.15. The summed E-state index contributed by atoms with van der Waals surface area (Å²) in [5.74, 6) is -1.65. The fourth-order valence-electron chi connectivity index (χ4n) is 2.00. The van der Waals surface area contributed by atoms with Crippen molar-refractivity contribution >= 4 is 28.9 Å². The van der Waals surface area contributed by atoms with Crippen molar-refractivity contribution in [3.8, 4) is 0 Å². The second-order valence-corrected chi connectivity index (χ2v) is 4.73. The molecule has 25 heavy (non-hydrogen) atoms. The molecule has 130 valence electrons. The van der Waals surface area contributed by atoms with E-state index in [4.69, 9.17) is 0 Å². The lowest BCUT2D eigenvalue weighted by molar-refractivity contribution is -0.394. The lowest BCUT2D eigenvalue weighted by Crippen LogP contribution is -2.16. The van der Waals surface area contributed by atoms with Crippen LogP contribution in [0.4, 0.5) is 17.1 Å². The summed E-state index contributed by atoms with van der Waals surface area (Å²) in [6, 6.07) is 2.51. The first-order valence-electron chi connectivity index (χ1n) is 6.60. The van der Waals surface area contributed by atoms with Gasteiger partial charge in [-0.05, 0) is 0 Å². The Bertz CT molecular complexity index is 857. The number of methoxy groups -OCH3 is 1. The van der Waals surface area contributed by atoms with E-state index in [0.717, 1.165) is 30.0 Å². The van der Waals surface area contributed by atoms with Crippen LogP contribution in [-0.2, 0) is 11.8 Å². The Balaban J connectivity index is 2.41. The molecule has 2 rings (SSSR count). The van der Waals surface area contributed by atoms with Crippen LogP contribution in [0.1, 0.15) is 20.8 Å². The van der Waals surface area contributed by atoms with Crippen molar-refractivity contribution in [3.63, 3.8) is 0 Å². The van der Waals surface area contributed by atoms with Gasteiger partial charge < -0.3 is 10.1 Å². The lowest BCUT2D eigenvalue weighted by atomic mass is 10.1.